The quantitative estimate of drug-likeness (QED) is 0.473. The van der Waals surface area contributed by atoms with E-state index in [4.69, 9.17) is 9.26 Å². The van der Waals surface area contributed by atoms with Crippen LogP contribution in [0, 0.1) is 20.8 Å². The lowest BCUT2D eigenvalue weighted by atomic mass is 10.1. The Labute approximate surface area is 180 Å². The van der Waals surface area contributed by atoms with E-state index in [-0.39, 0.29) is 12.5 Å². The molecule has 1 N–H and O–H groups in total. The molecule has 0 saturated heterocycles. The van der Waals surface area contributed by atoms with Gasteiger partial charge >= 0.3 is 0 Å². The second kappa shape index (κ2) is 8.87. The highest BCUT2D eigenvalue weighted by Gasteiger charge is 2.15. The molecule has 7 heteroatoms. The molecule has 1 amide bonds. The van der Waals surface area contributed by atoms with E-state index in [9.17, 15) is 4.79 Å². The van der Waals surface area contributed by atoms with Crippen LogP contribution in [0.2, 0.25) is 0 Å². The van der Waals surface area contributed by atoms with Crippen LogP contribution in [0.3, 0.4) is 0 Å². The highest BCUT2D eigenvalue weighted by molar-refractivity contribution is 6.06. The van der Waals surface area contributed by atoms with Crippen LogP contribution in [0.15, 0.2) is 65.4 Å². The zero-order valence-corrected chi connectivity index (χ0v) is 17.8. The Morgan fingerprint density at radius 1 is 1.10 bits per heavy atom. The number of nitrogens with zero attached hydrogens (tertiary/aromatic N) is 3. The molecule has 0 saturated carbocycles. The van der Waals surface area contributed by atoms with Crippen LogP contribution in [0.4, 0.5) is 5.69 Å². The molecule has 0 radical (unpaired) electrons. The molecule has 0 aliphatic carbocycles. The van der Waals surface area contributed by atoms with Gasteiger partial charge in [-0.1, -0.05) is 29.4 Å². The molecule has 0 bridgehead atoms. The van der Waals surface area contributed by atoms with Crippen molar-refractivity contribution >= 4 is 11.6 Å². The number of aromatic nitrogens is 3. The van der Waals surface area contributed by atoms with Gasteiger partial charge in [0.25, 0.3) is 5.91 Å². The molecule has 31 heavy (non-hydrogen) atoms. The van der Waals surface area contributed by atoms with Gasteiger partial charge in [0, 0.05) is 24.6 Å². The van der Waals surface area contributed by atoms with Crippen molar-refractivity contribution in [1.29, 1.82) is 0 Å². The van der Waals surface area contributed by atoms with E-state index in [1.54, 1.807) is 18.3 Å². The molecule has 0 aliphatic heterocycles. The number of carbonyl (C=O) groups excluding carboxylic acids is 1. The van der Waals surface area contributed by atoms with Crippen LogP contribution in [-0.4, -0.2) is 20.6 Å². The minimum Gasteiger partial charge on any atom is -0.488 e. The number of hydrogen-bond donors (Lipinski definition) is 1. The smallest absolute Gasteiger partial charge is 0.259 e. The Balaban J connectivity index is 1.43. The molecule has 0 spiro atoms. The summed E-state index contributed by atoms with van der Waals surface area (Å²) >= 11 is 0. The second-order valence-electron chi connectivity index (χ2n) is 7.34. The van der Waals surface area contributed by atoms with Crippen LogP contribution >= 0.6 is 0 Å². The Morgan fingerprint density at radius 3 is 2.55 bits per heavy atom. The minimum absolute atomic E-state index is 0.229. The molecule has 2 heterocycles. The first-order chi connectivity index (χ1) is 15.0. The zero-order chi connectivity index (χ0) is 21.8. The molecule has 2 aromatic heterocycles. The van der Waals surface area contributed by atoms with Gasteiger partial charge in [-0.2, -0.15) is 0 Å². The van der Waals surface area contributed by atoms with Gasteiger partial charge in [0.15, 0.2) is 0 Å². The van der Waals surface area contributed by atoms with Crippen LogP contribution < -0.4 is 10.1 Å². The Hall–Kier alpha value is -3.87. The topological polar surface area (TPSA) is 82.2 Å². The summed E-state index contributed by atoms with van der Waals surface area (Å²) in [5.74, 6) is 1.95. The number of imidazole rings is 1. The van der Waals surface area contributed by atoms with Crippen LogP contribution in [-0.2, 0) is 13.2 Å². The number of nitrogens with one attached hydrogen (secondary N) is 1. The first-order valence-electron chi connectivity index (χ1n) is 10.0. The summed E-state index contributed by atoms with van der Waals surface area (Å²) in [5, 5.41) is 6.88. The van der Waals surface area contributed by atoms with Gasteiger partial charge in [-0.25, -0.2) is 4.98 Å². The highest BCUT2D eigenvalue weighted by Crippen LogP contribution is 2.23. The van der Waals surface area contributed by atoms with E-state index in [1.807, 2.05) is 63.4 Å². The number of amides is 1. The maximum absolute atomic E-state index is 12.9. The predicted octanol–water partition coefficient (Wildman–Crippen LogP) is 4.68. The number of aryl methyl sites for hydroxylation is 3. The van der Waals surface area contributed by atoms with Crippen LogP contribution in [0.5, 0.6) is 5.75 Å². The molecule has 4 rings (SSSR count). The molecule has 2 aromatic carbocycles. The Morgan fingerprint density at radius 2 is 1.87 bits per heavy atom. The largest absolute Gasteiger partial charge is 0.488 e. The molecular formula is C24H24N4O3. The molecule has 7 nitrogen and oxygen atoms in total. The fourth-order valence-corrected chi connectivity index (χ4v) is 3.30. The summed E-state index contributed by atoms with van der Waals surface area (Å²) in [6, 6.07) is 15.0. The summed E-state index contributed by atoms with van der Waals surface area (Å²) in [5.41, 5.74) is 3.98. The summed E-state index contributed by atoms with van der Waals surface area (Å²) in [6.45, 7) is 6.70. The number of benzene rings is 2. The third kappa shape index (κ3) is 4.66. The Kier molecular flexibility index (Phi) is 5.84. The van der Waals surface area contributed by atoms with E-state index in [2.05, 4.69) is 20.0 Å². The van der Waals surface area contributed by atoms with E-state index in [1.165, 1.54) is 0 Å². The summed E-state index contributed by atoms with van der Waals surface area (Å²) < 4.78 is 13.2. The van der Waals surface area contributed by atoms with Gasteiger partial charge < -0.3 is 19.1 Å². The monoisotopic (exact) mass is 416 g/mol. The van der Waals surface area contributed by atoms with Crippen molar-refractivity contribution in [2.75, 3.05) is 5.32 Å². The molecule has 4 aromatic rings. The molecule has 0 aliphatic rings. The average molecular weight is 416 g/mol. The van der Waals surface area contributed by atoms with Gasteiger partial charge in [-0.15, -0.1) is 0 Å². The van der Waals surface area contributed by atoms with E-state index >= 15 is 0 Å². The third-order valence-electron chi connectivity index (χ3n) is 5.17. The van der Waals surface area contributed by atoms with Gasteiger partial charge in [-0.3, -0.25) is 4.79 Å². The average Bonchev–Trinajstić information content (AvgIpc) is 3.32. The normalized spacial score (nSPS) is 10.8. The number of hydrogen-bond acceptors (Lipinski definition) is 5. The standard InChI is InChI=1S/C24H24N4O3/c1-16-22(17(2)31-27-16)15-30-23-7-5-4-6-21(23)24(29)26-20-10-8-19(9-11-20)14-28-13-12-25-18(28)3/h4-13H,14-15H2,1-3H3,(H,26,29). The lowest BCUT2D eigenvalue weighted by Crippen LogP contribution is -2.14. The molecule has 0 unspecified atom stereocenters. The van der Waals surface area contributed by atoms with Gasteiger partial charge in [-0.05, 0) is 50.6 Å². The number of ether oxygens (including phenoxy) is 1. The summed E-state index contributed by atoms with van der Waals surface area (Å²) in [6.07, 6.45) is 3.74. The fraction of sp³-hybridized carbons (Fsp3) is 0.208. The SMILES string of the molecule is Cc1noc(C)c1COc1ccccc1C(=O)Nc1ccc(Cn2ccnc2C)cc1. The lowest BCUT2D eigenvalue weighted by molar-refractivity contribution is 0.102. The number of rotatable bonds is 7. The number of carbonyl (C=O) groups is 1. The lowest BCUT2D eigenvalue weighted by Gasteiger charge is -2.12. The van der Waals surface area contributed by atoms with Gasteiger partial charge in [0.05, 0.1) is 16.8 Å². The van der Waals surface area contributed by atoms with E-state index in [0.29, 0.717) is 17.1 Å². The Bertz CT molecular complexity index is 1170. The van der Waals surface area contributed by atoms with Crippen LogP contribution in [0.25, 0.3) is 0 Å². The maximum Gasteiger partial charge on any atom is 0.259 e. The van der Waals surface area contributed by atoms with Crippen molar-refractivity contribution < 1.29 is 14.1 Å². The maximum atomic E-state index is 12.9. The summed E-state index contributed by atoms with van der Waals surface area (Å²) in [4.78, 5) is 17.1. The van der Waals surface area contributed by atoms with Crippen molar-refractivity contribution in [3.63, 3.8) is 0 Å². The predicted molar refractivity (Wildman–Crippen MR) is 117 cm³/mol. The summed E-state index contributed by atoms with van der Waals surface area (Å²) in [7, 11) is 0. The van der Waals surface area contributed by atoms with Crippen LogP contribution in [0.1, 0.15) is 38.8 Å². The highest BCUT2D eigenvalue weighted by atomic mass is 16.5. The van der Waals surface area contributed by atoms with E-state index < -0.39 is 0 Å². The van der Waals surface area contributed by atoms with Crippen molar-refractivity contribution in [1.82, 2.24) is 14.7 Å². The van der Waals surface area contributed by atoms with Crippen molar-refractivity contribution in [2.24, 2.45) is 0 Å². The first-order valence-corrected chi connectivity index (χ1v) is 10.0. The van der Waals surface area contributed by atoms with E-state index in [0.717, 1.165) is 34.9 Å². The zero-order valence-electron chi connectivity index (χ0n) is 17.8. The van der Waals surface area contributed by atoms with Crippen molar-refractivity contribution in [2.45, 2.75) is 33.9 Å². The molecular weight excluding hydrogens is 392 g/mol. The van der Waals surface area contributed by atoms with Gasteiger partial charge in [0.2, 0.25) is 0 Å². The molecule has 0 atom stereocenters. The first kappa shape index (κ1) is 20.4. The molecule has 158 valence electrons. The molecule has 0 fully saturated rings. The minimum atomic E-state index is -0.229. The fourth-order valence-electron chi connectivity index (χ4n) is 3.30. The van der Waals surface area contributed by atoms with Gasteiger partial charge in [0.1, 0.15) is 23.9 Å². The van der Waals surface area contributed by atoms with Crippen molar-refractivity contribution in [3.05, 3.63) is 94.9 Å². The number of para-hydroxylation sites is 1. The van der Waals surface area contributed by atoms with Crippen molar-refractivity contribution in [3.8, 4) is 5.75 Å². The third-order valence-corrected chi connectivity index (χ3v) is 5.17. The second-order valence-corrected chi connectivity index (χ2v) is 7.34. The number of anilines is 1.